The fourth-order valence-corrected chi connectivity index (χ4v) is 3.23. The normalized spacial score (nSPS) is 18.6. The Kier molecular flexibility index (Phi) is 4.04. The first-order valence-electron chi connectivity index (χ1n) is 8.22. The van der Waals surface area contributed by atoms with Gasteiger partial charge < -0.3 is 15.0 Å². The molecule has 0 spiro atoms. The van der Waals surface area contributed by atoms with E-state index in [1.54, 1.807) is 4.90 Å². The summed E-state index contributed by atoms with van der Waals surface area (Å²) < 4.78 is 5.43. The van der Waals surface area contributed by atoms with Gasteiger partial charge in [0.25, 0.3) is 0 Å². The van der Waals surface area contributed by atoms with Crippen LogP contribution < -0.4 is 5.32 Å². The Bertz CT molecular complexity index is 626. The Balaban J connectivity index is 1.60. The molecule has 1 N–H and O–H groups in total. The summed E-state index contributed by atoms with van der Waals surface area (Å²) in [6.07, 6.45) is 2.11. The van der Waals surface area contributed by atoms with Crippen LogP contribution >= 0.6 is 0 Å². The van der Waals surface area contributed by atoms with Crippen LogP contribution in [-0.2, 0) is 16.0 Å². The van der Waals surface area contributed by atoms with Crippen molar-refractivity contribution in [1.82, 2.24) is 4.90 Å². The van der Waals surface area contributed by atoms with Crippen LogP contribution in [0, 0.1) is 0 Å². The number of fused-ring (bicyclic) bond motifs is 1. The molecule has 0 atom stereocenters. The molecule has 5 nitrogen and oxygen atoms in total. The van der Waals surface area contributed by atoms with E-state index in [9.17, 15) is 9.59 Å². The molecule has 0 saturated carbocycles. The number of carbonyl (C=O) groups excluding carboxylic acids is 2. The SMILES string of the molecule is CC(C)(C)OC(=O)N1CCC(c2ccc3c(c2)CC(=O)N3)CC1. The summed E-state index contributed by atoms with van der Waals surface area (Å²) >= 11 is 0. The monoisotopic (exact) mass is 316 g/mol. The topological polar surface area (TPSA) is 58.6 Å². The van der Waals surface area contributed by atoms with E-state index in [1.807, 2.05) is 26.8 Å². The number of likely N-dealkylation sites (tertiary alicyclic amines) is 1. The van der Waals surface area contributed by atoms with Crippen LogP contribution in [0.3, 0.4) is 0 Å². The van der Waals surface area contributed by atoms with Crippen molar-refractivity contribution < 1.29 is 14.3 Å². The highest BCUT2D eigenvalue weighted by Gasteiger charge is 2.28. The van der Waals surface area contributed by atoms with Gasteiger partial charge in [0.1, 0.15) is 5.60 Å². The molecular formula is C18H24N2O3. The number of carbonyl (C=O) groups is 2. The predicted octanol–water partition coefficient (Wildman–Crippen LogP) is 3.30. The molecule has 3 rings (SSSR count). The average Bonchev–Trinajstić information content (AvgIpc) is 2.84. The highest BCUT2D eigenvalue weighted by atomic mass is 16.6. The third-order valence-corrected chi connectivity index (χ3v) is 4.37. The Morgan fingerprint density at radius 3 is 2.61 bits per heavy atom. The lowest BCUT2D eigenvalue weighted by molar-refractivity contribution is -0.115. The van der Waals surface area contributed by atoms with Gasteiger partial charge in [-0.1, -0.05) is 12.1 Å². The lowest BCUT2D eigenvalue weighted by Gasteiger charge is -2.33. The molecule has 2 aliphatic heterocycles. The maximum absolute atomic E-state index is 12.1. The second-order valence-electron chi connectivity index (χ2n) is 7.38. The van der Waals surface area contributed by atoms with E-state index in [4.69, 9.17) is 4.74 Å². The molecule has 2 amide bonds. The summed E-state index contributed by atoms with van der Waals surface area (Å²) in [6.45, 7) is 7.09. The van der Waals surface area contributed by atoms with Crippen LogP contribution in [0.1, 0.15) is 50.7 Å². The molecule has 1 aromatic carbocycles. The van der Waals surface area contributed by atoms with E-state index in [2.05, 4.69) is 17.4 Å². The number of nitrogens with zero attached hydrogens (tertiary/aromatic N) is 1. The summed E-state index contributed by atoms with van der Waals surface area (Å²) in [5.41, 5.74) is 2.84. The maximum Gasteiger partial charge on any atom is 0.410 e. The average molecular weight is 316 g/mol. The molecule has 0 unspecified atom stereocenters. The first kappa shape index (κ1) is 15.8. The van der Waals surface area contributed by atoms with Crippen LogP contribution in [0.4, 0.5) is 10.5 Å². The molecule has 0 aliphatic carbocycles. The fraction of sp³-hybridized carbons (Fsp3) is 0.556. The number of anilines is 1. The third-order valence-electron chi connectivity index (χ3n) is 4.37. The van der Waals surface area contributed by atoms with Crippen molar-refractivity contribution in [2.24, 2.45) is 0 Å². The van der Waals surface area contributed by atoms with Gasteiger partial charge in [-0.15, -0.1) is 0 Å². The van der Waals surface area contributed by atoms with Crippen molar-refractivity contribution in [3.05, 3.63) is 29.3 Å². The highest BCUT2D eigenvalue weighted by Crippen LogP contribution is 2.32. The molecule has 1 aromatic rings. The maximum atomic E-state index is 12.1. The van der Waals surface area contributed by atoms with Gasteiger partial charge in [-0.2, -0.15) is 0 Å². The van der Waals surface area contributed by atoms with E-state index in [1.165, 1.54) is 5.56 Å². The first-order chi connectivity index (χ1) is 10.8. The van der Waals surface area contributed by atoms with Crippen LogP contribution in [0.2, 0.25) is 0 Å². The number of benzene rings is 1. The number of nitrogens with one attached hydrogen (secondary N) is 1. The van der Waals surface area contributed by atoms with Crippen molar-refractivity contribution in [1.29, 1.82) is 0 Å². The van der Waals surface area contributed by atoms with Crippen molar-refractivity contribution in [2.45, 2.75) is 51.6 Å². The minimum absolute atomic E-state index is 0.0666. The zero-order chi connectivity index (χ0) is 16.6. The minimum Gasteiger partial charge on any atom is -0.444 e. The van der Waals surface area contributed by atoms with Gasteiger partial charge in [0, 0.05) is 18.8 Å². The third kappa shape index (κ3) is 3.66. The zero-order valence-electron chi connectivity index (χ0n) is 14.0. The molecule has 0 bridgehead atoms. The summed E-state index contributed by atoms with van der Waals surface area (Å²) in [5, 5.41) is 2.86. The van der Waals surface area contributed by atoms with Crippen molar-refractivity contribution in [3.63, 3.8) is 0 Å². The van der Waals surface area contributed by atoms with E-state index in [-0.39, 0.29) is 12.0 Å². The quantitative estimate of drug-likeness (QED) is 0.865. The minimum atomic E-state index is -0.451. The van der Waals surface area contributed by atoms with Gasteiger partial charge >= 0.3 is 6.09 Å². The number of piperidine rings is 1. The molecule has 5 heteroatoms. The van der Waals surface area contributed by atoms with E-state index < -0.39 is 5.60 Å². The summed E-state index contributed by atoms with van der Waals surface area (Å²) in [7, 11) is 0. The Morgan fingerprint density at radius 2 is 1.96 bits per heavy atom. The number of hydrogen-bond donors (Lipinski definition) is 1. The standard InChI is InChI=1S/C18H24N2O3/c1-18(2,3)23-17(22)20-8-6-12(7-9-20)13-4-5-15-14(10-13)11-16(21)19-15/h4-5,10,12H,6-9,11H2,1-3H3,(H,19,21). The second-order valence-corrected chi connectivity index (χ2v) is 7.38. The van der Waals surface area contributed by atoms with Crippen molar-refractivity contribution >= 4 is 17.7 Å². The van der Waals surface area contributed by atoms with Crippen LogP contribution in [-0.4, -0.2) is 35.6 Å². The van der Waals surface area contributed by atoms with Crippen molar-refractivity contribution in [3.8, 4) is 0 Å². The molecule has 2 aliphatic rings. The molecule has 1 saturated heterocycles. The molecule has 0 radical (unpaired) electrons. The molecular weight excluding hydrogens is 292 g/mol. The smallest absolute Gasteiger partial charge is 0.410 e. The Hall–Kier alpha value is -2.04. The van der Waals surface area contributed by atoms with Crippen LogP contribution in [0.5, 0.6) is 0 Å². The highest BCUT2D eigenvalue weighted by molar-refractivity contribution is 5.99. The van der Waals surface area contributed by atoms with Crippen molar-refractivity contribution in [2.75, 3.05) is 18.4 Å². The molecule has 124 valence electrons. The largest absolute Gasteiger partial charge is 0.444 e. The lowest BCUT2D eigenvalue weighted by Crippen LogP contribution is -2.41. The number of ether oxygens (including phenoxy) is 1. The predicted molar refractivity (Wildman–Crippen MR) is 88.6 cm³/mol. The van der Waals surface area contributed by atoms with Gasteiger partial charge in [-0.05, 0) is 56.7 Å². The summed E-state index contributed by atoms with van der Waals surface area (Å²) in [6, 6.07) is 6.23. The fourth-order valence-electron chi connectivity index (χ4n) is 3.23. The van der Waals surface area contributed by atoms with Crippen LogP contribution in [0.15, 0.2) is 18.2 Å². The van der Waals surface area contributed by atoms with Gasteiger partial charge in [0.15, 0.2) is 0 Å². The molecule has 1 fully saturated rings. The second kappa shape index (κ2) is 5.87. The van der Waals surface area contributed by atoms with Crippen LogP contribution in [0.25, 0.3) is 0 Å². The van der Waals surface area contributed by atoms with Gasteiger partial charge in [-0.3, -0.25) is 4.79 Å². The Morgan fingerprint density at radius 1 is 1.26 bits per heavy atom. The van der Waals surface area contributed by atoms with E-state index in [0.717, 1.165) is 24.1 Å². The molecule has 2 heterocycles. The van der Waals surface area contributed by atoms with Gasteiger partial charge in [-0.25, -0.2) is 4.79 Å². The number of hydrogen-bond acceptors (Lipinski definition) is 3. The molecule has 23 heavy (non-hydrogen) atoms. The lowest BCUT2D eigenvalue weighted by atomic mass is 9.88. The number of rotatable bonds is 1. The summed E-state index contributed by atoms with van der Waals surface area (Å²) in [5.74, 6) is 0.506. The summed E-state index contributed by atoms with van der Waals surface area (Å²) in [4.78, 5) is 25.3. The van der Waals surface area contributed by atoms with E-state index in [0.29, 0.717) is 25.4 Å². The van der Waals surface area contributed by atoms with Gasteiger partial charge in [0.05, 0.1) is 6.42 Å². The van der Waals surface area contributed by atoms with E-state index >= 15 is 0 Å². The first-order valence-corrected chi connectivity index (χ1v) is 8.22. The Labute approximate surface area is 137 Å². The molecule has 0 aromatic heterocycles. The van der Waals surface area contributed by atoms with Gasteiger partial charge in [0.2, 0.25) is 5.91 Å². The number of amides is 2. The zero-order valence-corrected chi connectivity index (χ0v) is 14.0.